The van der Waals surface area contributed by atoms with Crippen LogP contribution in [0.15, 0.2) is 24.3 Å². The average Bonchev–Trinajstić information content (AvgIpc) is 2.37. The number of carbonyl (C=O) groups is 1. The highest BCUT2D eigenvalue weighted by Crippen LogP contribution is 2.27. The van der Waals surface area contributed by atoms with Crippen LogP contribution in [0.3, 0.4) is 0 Å². The fourth-order valence-corrected chi connectivity index (χ4v) is 2.47. The van der Waals surface area contributed by atoms with E-state index in [2.05, 4.69) is 56.9 Å². The minimum Gasteiger partial charge on any atom is -0.371 e. The van der Waals surface area contributed by atoms with E-state index in [1.807, 2.05) is 0 Å². The summed E-state index contributed by atoms with van der Waals surface area (Å²) in [5, 5.41) is 0. The first-order chi connectivity index (χ1) is 8.56. The van der Waals surface area contributed by atoms with Crippen molar-refractivity contribution < 1.29 is 4.79 Å². The first-order valence-electron chi connectivity index (χ1n) is 6.83. The fraction of sp³-hybridized carbons (Fsp3) is 0.562. The van der Waals surface area contributed by atoms with E-state index in [0.29, 0.717) is 0 Å². The molecule has 0 amide bonds. The van der Waals surface area contributed by atoms with Crippen LogP contribution in [0, 0.1) is 12.3 Å². The van der Waals surface area contributed by atoms with Crippen molar-refractivity contribution in [2.24, 2.45) is 5.41 Å². The van der Waals surface area contributed by atoms with E-state index in [1.165, 1.54) is 11.3 Å². The number of nitrogens with zero attached hydrogens (tertiary/aromatic N) is 1. The molecular formula is C16H25NO. The van der Waals surface area contributed by atoms with Crippen LogP contribution < -0.4 is 4.90 Å². The van der Waals surface area contributed by atoms with Crippen molar-refractivity contribution in [1.82, 2.24) is 0 Å². The molecule has 0 aliphatic heterocycles. The van der Waals surface area contributed by atoms with Crippen LogP contribution in [0.5, 0.6) is 0 Å². The third kappa shape index (κ3) is 3.59. The highest BCUT2D eigenvalue weighted by molar-refractivity contribution is 5.62. The molecule has 0 saturated heterocycles. The lowest BCUT2D eigenvalue weighted by atomic mass is 9.86. The molecule has 0 saturated carbocycles. The van der Waals surface area contributed by atoms with Crippen molar-refractivity contribution in [3.05, 3.63) is 29.8 Å². The molecule has 0 radical (unpaired) electrons. The first kappa shape index (κ1) is 14.7. The Kier molecular flexibility index (Phi) is 5.39. The van der Waals surface area contributed by atoms with Gasteiger partial charge in [0.05, 0.1) is 0 Å². The van der Waals surface area contributed by atoms with Crippen LogP contribution in [0.1, 0.15) is 39.2 Å². The van der Waals surface area contributed by atoms with Crippen LogP contribution in [0.25, 0.3) is 0 Å². The van der Waals surface area contributed by atoms with Crippen LogP contribution >= 0.6 is 0 Å². The number of aryl methyl sites for hydroxylation is 1. The summed E-state index contributed by atoms with van der Waals surface area (Å²) in [5.41, 5.74) is 2.26. The molecule has 0 aliphatic rings. The third-order valence-corrected chi connectivity index (χ3v) is 3.50. The van der Waals surface area contributed by atoms with E-state index in [4.69, 9.17) is 0 Å². The summed E-state index contributed by atoms with van der Waals surface area (Å²) in [6.07, 6.45) is 3.11. The van der Waals surface area contributed by atoms with Gasteiger partial charge in [0, 0.05) is 24.2 Å². The summed E-state index contributed by atoms with van der Waals surface area (Å²) in [7, 11) is 0. The van der Waals surface area contributed by atoms with Crippen molar-refractivity contribution in [3.8, 4) is 0 Å². The summed E-state index contributed by atoms with van der Waals surface area (Å²) < 4.78 is 0. The van der Waals surface area contributed by atoms with E-state index < -0.39 is 0 Å². The zero-order valence-corrected chi connectivity index (χ0v) is 12.1. The Hall–Kier alpha value is -1.31. The van der Waals surface area contributed by atoms with Crippen molar-refractivity contribution in [3.63, 3.8) is 0 Å². The Morgan fingerprint density at radius 3 is 2.44 bits per heavy atom. The van der Waals surface area contributed by atoms with E-state index in [9.17, 15) is 4.79 Å². The van der Waals surface area contributed by atoms with Crippen LogP contribution in [0.4, 0.5) is 5.69 Å². The van der Waals surface area contributed by atoms with E-state index in [1.54, 1.807) is 0 Å². The molecule has 2 heteroatoms. The van der Waals surface area contributed by atoms with Crippen molar-refractivity contribution in [2.45, 2.75) is 40.5 Å². The molecule has 100 valence electrons. The van der Waals surface area contributed by atoms with Gasteiger partial charge in [-0.05, 0) is 31.9 Å². The Morgan fingerprint density at radius 1 is 1.28 bits per heavy atom. The molecule has 2 nitrogen and oxygen atoms in total. The lowest BCUT2D eigenvalue weighted by Gasteiger charge is -2.33. The van der Waals surface area contributed by atoms with Crippen LogP contribution in [-0.4, -0.2) is 19.4 Å². The highest BCUT2D eigenvalue weighted by atomic mass is 16.1. The van der Waals surface area contributed by atoms with Crippen molar-refractivity contribution in [1.29, 1.82) is 0 Å². The second-order valence-corrected chi connectivity index (χ2v) is 5.32. The van der Waals surface area contributed by atoms with Gasteiger partial charge >= 0.3 is 0 Å². The zero-order chi connectivity index (χ0) is 13.6. The topological polar surface area (TPSA) is 20.3 Å². The van der Waals surface area contributed by atoms with Crippen molar-refractivity contribution in [2.75, 3.05) is 18.0 Å². The molecule has 0 fully saturated rings. The maximum Gasteiger partial charge on any atom is 0.127 e. The van der Waals surface area contributed by atoms with Gasteiger partial charge in [-0.15, -0.1) is 0 Å². The summed E-state index contributed by atoms with van der Waals surface area (Å²) in [6, 6.07) is 8.37. The second-order valence-electron chi connectivity index (χ2n) is 5.32. The van der Waals surface area contributed by atoms with Gasteiger partial charge in [0.25, 0.3) is 0 Å². The molecular weight excluding hydrogens is 222 g/mol. The fourth-order valence-electron chi connectivity index (χ4n) is 2.47. The number of carbonyl (C=O) groups excluding carboxylic acids is 1. The van der Waals surface area contributed by atoms with Gasteiger partial charge in [-0.2, -0.15) is 0 Å². The van der Waals surface area contributed by atoms with Gasteiger partial charge in [-0.25, -0.2) is 0 Å². The number of hydrogen-bond acceptors (Lipinski definition) is 2. The molecule has 0 spiro atoms. The summed E-state index contributed by atoms with van der Waals surface area (Å²) in [4.78, 5) is 13.7. The summed E-state index contributed by atoms with van der Waals surface area (Å²) >= 11 is 0. The number of anilines is 1. The SMILES string of the molecule is CCCC(C)(C=O)CN(CC)c1ccccc1C. The minimum atomic E-state index is -0.243. The van der Waals surface area contributed by atoms with Gasteiger partial charge in [-0.1, -0.05) is 38.5 Å². The molecule has 0 heterocycles. The normalized spacial score (nSPS) is 14.0. The lowest BCUT2D eigenvalue weighted by molar-refractivity contribution is -0.115. The molecule has 1 aromatic carbocycles. The quantitative estimate of drug-likeness (QED) is 0.683. The van der Waals surface area contributed by atoms with Gasteiger partial charge in [0.1, 0.15) is 6.29 Å². The number of rotatable bonds is 7. The van der Waals surface area contributed by atoms with E-state index >= 15 is 0 Å². The monoisotopic (exact) mass is 247 g/mol. The Morgan fingerprint density at radius 2 is 1.94 bits per heavy atom. The van der Waals surface area contributed by atoms with Crippen LogP contribution in [-0.2, 0) is 4.79 Å². The molecule has 0 bridgehead atoms. The molecule has 0 aromatic heterocycles. The average molecular weight is 247 g/mol. The maximum absolute atomic E-state index is 11.4. The standard InChI is InChI=1S/C16H25NO/c1-5-11-16(4,13-18)12-17(6-2)15-10-8-7-9-14(15)3/h7-10,13H,5-6,11-12H2,1-4H3. The Labute approximate surface area is 111 Å². The number of aldehydes is 1. The van der Waals surface area contributed by atoms with Crippen molar-refractivity contribution >= 4 is 12.0 Å². The predicted molar refractivity (Wildman–Crippen MR) is 78.1 cm³/mol. The maximum atomic E-state index is 11.4. The summed E-state index contributed by atoms with van der Waals surface area (Å²) in [5.74, 6) is 0. The van der Waals surface area contributed by atoms with Gasteiger partial charge in [0.15, 0.2) is 0 Å². The Bertz CT molecular complexity index is 388. The Balaban J connectivity index is 2.91. The number of benzene rings is 1. The van der Waals surface area contributed by atoms with Crippen LogP contribution in [0.2, 0.25) is 0 Å². The van der Waals surface area contributed by atoms with E-state index in [0.717, 1.165) is 32.2 Å². The molecule has 0 aliphatic carbocycles. The molecule has 1 unspecified atom stereocenters. The molecule has 1 rings (SSSR count). The first-order valence-corrected chi connectivity index (χ1v) is 6.83. The second kappa shape index (κ2) is 6.58. The largest absolute Gasteiger partial charge is 0.371 e. The minimum absolute atomic E-state index is 0.243. The predicted octanol–water partition coefficient (Wildman–Crippen LogP) is 3.83. The zero-order valence-electron chi connectivity index (χ0n) is 12.1. The van der Waals surface area contributed by atoms with Gasteiger partial charge in [0.2, 0.25) is 0 Å². The lowest BCUT2D eigenvalue weighted by Crippen LogP contribution is -2.37. The highest BCUT2D eigenvalue weighted by Gasteiger charge is 2.25. The van der Waals surface area contributed by atoms with E-state index in [-0.39, 0.29) is 5.41 Å². The smallest absolute Gasteiger partial charge is 0.127 e. The molecule has 0 N–H and O–H groups in total. The van der Waals surface area contributed by atoms with Gasteiger partial charge in [-0.3, -0.25) is 0 Å². The summed E-state index contributed by atoms with van der Waals surface area (Å²) in [6.45, 7) is 10.2. The molecule has 18 heavy (non-hydrogen) atoms. The third-order valence-electron chi connectivity index (χ3n) is 3.50. The number of para-hydroxylation sites is 1. The number of hydrogen-bond donors (Lipinski definition) is 0. The molecule has 1 atom stereocenters. The molecule has 1 aromatic rings. The van der Waals surface area contributed by atoms with Gasteiger partial charge < -0.3 is 9.69 Å².